The molecule has 1 unspecified atom stereocenters. The molecule has 1 atom stereocenters. The van der Waals surface area contributed by atoms with E-state index in [-0.39, 0.29) is 29.0 Å². The lowest BCUT2D eigenvalue weighted by Gasteiger charge is -2.21. The Morgan fingerprint density at radius 1 is 1.33 bits per heavy atom. The van der Waals surface area contributed by atoms with Crippen LogP contribution in [0.5, 0.6) is 0 Å². The predicted molar refractivity (Wildman–Crippen MR) is 91.3 cm³/mol. The number of nitrogens with two attached hydrogens (primary N) is 1. The second-order valence-electron chi connectivity index (χ2n) is 5.62. The van der Waals surface area contributed by atoms with Gasteiger partial charge in [0.05, 0.1) is 0 Å². The van der Waals surface area contributed by atoms with E-state index in [0.29, 0.717) is 12.2 Å². The number of rotatable bonds is 7. The molecule has 0 fully saturated rings. The van der Waals surface area contributed by atoms with Crippen molar-refractivity contribution < 1.29 is 0 Å². The summed E-state index contributed by atoms with van der Waals surface area (Å²) in [4.78, 5) is 24.5. The SMILES string of the molecule is CCC(CSC)Nc1c(N)n(CC(C)C)c(=O)n(C)c1=O. The molecule has 0 aliphatic heterocycles. The lowest BCUT2D eigenvalue weighted by Crippen LogP contribution is -2.42. The summed E-state index contributed by atoms with van der Waals surface area (Å²) in [6, 6.07) is 0.153. The Labute approximate surface area is 129 Å². The van der Waals surface area contributed by atoms with Gasteiger partial charge in [-0.15, -0.1) is 0 Å². The zero-order valence-electron chi connectivity index (χ0n) is 13.5. The van der Waals surface area contributed by atoms with Crippen LogP contribution >= 0.6 is 11.8 Å². The maximum Gasteiger partial charge on any atom is 0.332 e. The van der Waals surface area contributed by atoms with Gasteiger partial charge in [-0.1, -0.05) is 20.8 Å². The van der Waals surface area contributed by atoms with Crippen LogP contribution in [-0.2, 0) is 13.6 Å². The molecule has 0 aliphatic carbocycles. The highest BCUT2D eigenvalue weighted by Gasteiger charge is 2.18. The summed E-state index contributed by atoms with van der Waals surface area (Å²) >= 11 is 1.71. The van der Waals surface area contributed by atoms with Crippen molar-refractivity contribution in [3.8, 4) is 0 Å². The van der Waals surface area contributed by atoms with Crippen LogP contribution in [0.3, 0.4) is 0 Å². The van der Waals surface area contributed by atoms with Crippen LogP contribution in [0.2, 0.25) is 0 Å². The van der Waals surface area contributed by atoms with Crippen molar-refractivity contribution in [1.82, 2.24) is 9.13 Å². The average Bonchev–Trinajstić information content (AvgIpc) is 2.44. The Kier molecular flexibility index (Phi) is 6.39. The summed E-state index contributed by atoms with van der Waals surface area (Å²) < 4.78 is 2.59. The number of hydrogen-bond acceptors (Lipinski definition) is 5. The van der Waals surface area contributed by atoms with Gasteiger partial charge in [-0.2, -0.15) is 11.8 Å². The Bertz CT molecular complexity index is 592. The van der Waals surface area contributed by atoms with Gasteiger partial charge in [0, 0.05) is 25.4 Å². The number of anilines is 2. The number of hydrogen-bond donors (Lipinski definition) is 2. The third-order valence-corrected chi connectivity index (χ3v) is 4.08. The Hall–Kier alpha value is -1.37. The Balaban J connectivity index is 3.35. The van der Waals surface area contributed by atoms with Gasteiger partial charge < -0.3 is 11.1 Å². The molecule has 0 saturated carbocycles. The van der Waals surface area contributed by atoms with E-state index >= 15 is 0 Å². The summed E-state index contributed by atoms with van der Waals surface area (Å²) in [6.07, 6.45) is 2.90. The summed E-state index contributed by atoms with van der Waals surface area (Å²) in [5, 5.41) is 3.21. The molecular formula is C14H26N4O2S. The van der Waals surface area contributed by atoms with Gasteiger partial charge >= 0.3 is 5.69 Å². The molecule has 1 aromatic rings. The molecule has 0 aliphatic rings. The van der Waals surface area contributed by atoms with Crippen molar-refractivity contribution in [2.75, 3.05) is 23.1 Å². The monoisotopic (exact) mass is 314 g/mol. The van der Waals surface area contributed by atoms with Crippen molar-refractivity contribution in [2.24, 2.45) is 13.0 Å². The van der Waals surface area contributed by atoms with Crippen LogP contribution in [0.25, 0.3) is 0 Å². The molecule has 1 rings (SSSR count). The van der Waals surface area contributed by atoms with E-state index in [1.807, 2.05) is 20.1 Å². The van der Waals surface area contributed by atoms with Crippen LogP contribution in [-0.4, -0.2) is 27.2 Å². The first-order valence-corrected chi connectivity index (χ1v) is 8.57. The van der Waals surface area contributed by atoms with Gasteiger partial charge in [0.1, 0.15) is 11.5 Å². The lowest BCUT2D eigenvalue weighted by molar-refractivity contribution is 0.494. The normalized spacial score (nSPS) is 12.7. The summed E-state index contributed by atoms with van der Waals surface area (Å²) in [6.45, 7) is 6.56. The molecule has 0 amide bonds. The molecule has 0 bridgehead atoms. The summed E-state index contributed by atoms with van der Waals surface area (Å²) in [5.41, 5.74) is 5.68. The fourth-order valence-electron chi connectivity index (χ4n) is 2.13. The third kappa shape index (κ3) is 4.06. The van der Waals surface area contributed by atoms with Gasteiger partial charge in [-0.05, 0) is 18.6 Å². The first-order valence-electron chi connectivity index (χ1n) is 7.18. The van der Waals surface area contributed by atoms with Gasteiger partial charge in [-0.3, -0.25) is 13.9 Å². The first-order chi connectivity index (χ1) is 9.83. The first kappa shape index (κ1) is 17.7. The topological polar surface area (TPSA) is 82.0 Å². The zero-order chi connectivity index (χ0) is 16.2. The minimum atomic E-state index is -0.366. The van der Waals surface area contributed by atoms with E-state index in [4.69, 9.17) is 5.73 Å². The average molecular weight is 314 g/mol. The zero-order valence-corrected chi connectivity index (χ0v) is 14.3. The number of nitrogens with one attached hydrogen (secondary N) is 1. The van der Waals surface area contributed by atoms with E-state index in [9.17, 15) is 9.59 Å². The van der Waals surface area contributed by atoms with Gasteiger partial charge in [-0.25, -0.2) is 4.79 Å². The molecule has 21 heavy (non-hydrogen) atoms. The molecule has 0 spiro atoms. The molecule has 3 N–H and O–H groups in total. The number of nitrogens with zero attached hydrogens (tertiary/aromatic N) is 2. The van der Waals surface area contributed by atoms with Crippen molar-refractivity contribution in [2.45, 2.75) is 39.8 Å². The van der Waals surface area contributed by atoms with Crippen LogP contribution in [0.15, 0.2) is 9.59 Å². The molecule has 0 radical (unpaired) electrons. The predicted octanol–water partition coefficient (Wildman–Crippen LogP) is 1.34. The highest BCUT2D eigenvalue weighted by atomic mass is 32.2. The van der Waals surface area contributed by atoms with Crippen molar-refractivity contribution in [3.05, 3.63) is 20.8 Å². The second-order valence-corrected chi connectivity index (χ2v) is 6.53. The van der Waals surface area contributed by atoms with Gasteiger partial charge in [0.2, 0.25) is 0 Å². The highest BCUT2D eigenvalue weighted by molar-refractivity contribution is 7.98. The van der Waals surface area contributed by atoms with Gasteiger partial charge in [0.15, 0.2) is 0 Å². The van der Waals surface area contributed by atoms with Crippen LogP contribution in [0.1, 0.15) is 27.2 Å². The molecule has 7 heteroatoms. The lowest BCUT2D eigenvalue weighted by atomic mass is 10.2. The molecule has 6 nitrogen and oxygen atoms in total. The van der Waals surface area contributed by atoms with Crippen molar-refractivity contribution in [1.29, 1.82) is 0 Å². The Morgan fingerprint density at radius 3 is 2.43 bits per heavy atom. The molecule has 120 valence electrons. The highest BCUT2D eigenvalue weighted by Crippen LogP contribution is 2.16. The van der Waals surface area contributed by atoms with Crippen LogP contribution < -0.4 is 22.3 Å². The van der Waals surface area contributed by atoms with Gasteiger partial charge in [0.25, 0.3) is 5.56 Å². The minimum absolute atomic E-state index is 0.153. The molecule has 0 aromatic carbocycles. The minimum Gasteiger partial charge on any atom is -0.383 e. The maximum absolute atomic E-state index is 12.3. The van der Waals surface area contributed by atoms with Crippen molar-refractivity contribution in [3.63, 3.8) is 0 Å². The van der Waals surface area contributed by atoms with Crippen molar-refractivity contribution >= 4 is 23.3 Å². The number of aromatic nitrogens is 2. The quantitative estimate of drug-likeness (QED) is 0.793. The molecule has 0 saturated heterocycles. The molecule has 1 aromatic heterocycles. The molecular weight excluding hydrogens is 288 g/mol. The van der Waals surface area contributed by atoms with E-state index in [1.165, 1.54) is 11.6 Å². The van der Waals surface area contributed by atoms with E-state index in [1.54, 1.807) is 11.8 Å². The third-order valence-electron chi connectivity index (χ3n) is 3.34. The largest absolute Gasteiger partial charge is 0.383 e. The summed E-state index contributed by atoms with van der Waals surface area (Å²) in [7, 11) is 1.49. The van der Waals surface area contributed by atoms with E-state index in [0.717, 1.165) is 16.7 Å². The summed E-state index contributed by atoms with van der Waals surface area (Å²) in [5.74, 6) is 1.38. The smallest absolute Gasteiger partial charge is 0.332 e. The standard InChI is InChI=1S/C14H26N4O2S/c1-6-10(8-21-5)16-11-12(15)18(7-9(2)3)14(20)17(4)13(11)19/h9-10,16H,6-8,15H2,1-5H3. The fraction of sp³-hybridized carbons (Fsp3) is 0.714. The number of nitrogen functional groups attached to an aromatic ring is 1. The second kappa shape index (κ2) is 7.59. The maximum atomic E-state index is 12.3. The number of thioether (sulfide) groups is 1. The Morgan fingerprint density at radius 2 is 1.95 bits per heavy atom. The van der Waals surface area contributed by atoms with E-state index < -0.39 is 0 Å². The van der Waals surface area contributed by atoms with E-state index in [2.05, 4.69) is 12.2 Å². The van der Waals surface area contributed by atoms with Crippen LogP contribution in [0.4, 0.5) is 11.5 Å². The fourth-order valence-corrected chi connectivity index (χ4v) is 2.85. The van der Waals surface area contributed by atoms with Crippen LogP contribution in [0, 0.1) is 5.92 Å². The molecule has 1 heterocycles.